The Bertz CT molecular complexity index is 349. The summed E-state index contributed by atoms with van der Waals surface area (Å²) >= 11 is 3.14. The first kappa shape index (κ1) is 13.5. The van der Waals surface area contributed by atoms with E-state index in [2.05, 4.69) is 21.0 Å². The Morgan fingerprint density at radius 2 is 2.12 bits per heavy atom. The molecular formula is C9H12BrF3N2O. The predicted molar refractivity (Wildman–Crippen MR) is 55.9 cm³/mol. The summed E-state index contributed by atoms with van der Waals surface area (Å²) in [5.74, 6) is 0. The molecule has 7 heteroatoms. The van der Waals surface area contributed by atoms with Crippen LogP contribution in [0.1, 0.15) is 19.5 Å². The van der Waals surface area contributed by atoms with Crippen LogP contribution in [-0.2, 0) is 17.9 Å². The highest BCUT2D eigenvalue weighted by molar-refractivity contribution is 9.10. The standard InChI is InChI=1S/C9H12BrF3N2O/c1-6(2)16-4-8-7(10)3-15(14-8)5-9(11,12)13/h3,6H,4-5H2,1-2H3. The predicted octanol–water partition coefficient (Wildman–Crippen LogP) is 3.13. The van der Waals surface area contributed by atoms with E-state index in [1.54, 1.807) is 0 Å². The van der Waals surface area contributed by atoms with Gasteiger partial charge in [-0.2, -0.15) is 18.3 Å². The molecule has 0 bridgehead atoms. The van der Waals surface area contributed by atoms with Crippen LogP contribution in [0.15, 0.2) is 10.7 Å². The highest BCUT2D eigenvalue weighted by atomic mass is 79.9. The lowest BCUT2D eigenvalue weighted by molar-refractivity contribution is -0.142. The fourth-order valence-electron chi connectivity index (χ4n) is 1.05. The molecular weight excluding hydrogens is 289 g/mol. The average Bonchev–Trinajstić information content (AvgIpc) is 2.39. The Hall–Kier alpha value is -0.560. The second kappa shape index (κ2) is 5.18. The van der Waals surface area contributed by atoms with Crippen molar-refractivity contribution in [2.75, 3.05) is 0 Å². The van der Waals surface area contributed by atoms with Gasteiger partial charge in [-0.05, 0) is 29.8 Å². The molecule has 16 heavy (non-hydrogen) atoms. The zero-order valence-corrected chi connectivity index (χ0v) is 10.5. The first-order chi connectivity index (χ1) is 7.28. The van der Waals surface area contributed by atoms with E-state index in [1.807, 2.05) is 13.8 Å². The second-order valence-corrected chi connectivity index (χ2v) is 4.45. The Labute approximate surface area is 99.7 Å². The van der Waals surface area contributed by atoms with Gasteiger partial charge in [-0.25, -0.2) is 0 Å². The lowest BCUT2D eigenvalue weighted by atomic mass is 10.4. The smallest absolute Gasteiger partial charge is 0.372 e. The van der Waals surface area contributed by atoms with E-state index in [9.17, 15) is 13.2 Å². The molecule has 0 amide bonds. The van der Waals surface area contributed by atoms with Gasteiger partial charge in [-0.15, -0.1) is 0 Å². The molecule has 1 aromatic rings. The molecule has 3 nitrogen and oxygen atoms in total. The maximum absolute atomic E-state index is 12.1. The van der Waals surface area contributed by atoms with Crippen molar-refractivity contribution in [2.45, 2.75) is 39.3 Å². The summed E-state index contributed by atoms with van der Waals surface area (Å²) in [6.07, 6.45) is -2.95. The topological polar surface area (TPSA) is 27.1 Å². The normalized spacial score (nSPS) is 12.4. The van der Waals surface area contributed by atoms with E-state index in [0.29, 0.717) is 10.2 Å². The van der Waals surface area contributed by atoms with Gasteiger partial charge in [0.05, 0.1) is 17.2 Å². The second-order valence-electron chi connectivity index (χ2n) is 3.60. The maximum Gasteiger partial charge on any atom is 0.408 e. The minimum absolute atomic E-state index is 0.0136. The van der Waals surface area contributed by atoms with Gasteiger partial charge in [0.25, 0.3) is 0 Å². The van der Waals surface area contributed by atoms with Gasteiger partial charge < -0.3 is 4.74 Å². The number of rotatable bonds is 4. The van der Waals surface area contributed by atoms with Gasteiger partial charge >= 0.3 is 6.18 Å². The average molecular weight is 301 g/mol. The van der Waals surface area contributed by atoms with Gasteiger partial charge in [0.2, 0.25) is 0 Å². The zero-order chi connectivity index (χ0) is 12.3. The van der Waals surface area contributed by atoms with Crippen molar-refractivity contribution in [2.24, 2.45) is 0 Å². The molecule has 0 aliphatic rings. The molecule has 1 rings (SSSR count). The Balaban J connectivity index is 2.66. The van der Waals surface area contributed by atoms with Gasteiger partial charge in [0, 0.05) is 6.20 Å². The molecule has 0 aliphatic heterocycles. The van der Waals surface area contributed by atoms with Crippen LogP contribution >= 0.6 is 15.9 Å². The van der Waals surface area contributed by atoms with Crippen LogP contribution in [0.3, 0.4) is 0 Å². The number of hydrogen-bond acceptors (Lipinski definition) is 2. The van der Waals surface area contributed by atoms with Crippen molar-refractivity contribution >= 4 is 15.9 Å². The lowest BCUT2D eigenvalue weighted by Crippen LogP contribution is -2.18. The van der Waals surface area contributed by atoms with E-state index in [1.165, 1.54) is 6.20 Å². The number of hydrogen-bond donors (Lipinski definition) is 0. The Morgan fingerprint density at radius 1 is 1.50 bits per heavy atom. The molecule has 0 saturated heterocycles. The maximum atomic E-state index is 12.1. The largest absolute Gasteiger partial charge is 0.408 e. The molecule has 0 aliphatic carbocycles. The summed E-state index contributed by atoms with van der Waals surface area (Å²) in [6, 6.07) is 0. The highest BCUT2D eigenvalue weighted by Gasteiger charge is 2.28. The van der Waals surface area contributed by atoms with Crippen LogP contribution in [-0.4, -0.2) is 22.1 Å². The molecule has 0 fully saturated rings. The van der Waals surface area contributed by atoms with E-state index in [4.69, 9.17) is 4.74 Å². The number of ether oxygens (including phenoxy) is 1. The first-order valence-electron chi connectivity index (χ1n) is 4.68. The molecule has 0 atom stereocenters. The molecule has 0 aromatic carbocycles. The van der Waals surface area contributed by atoms with Crippen molar-refractivity contribution in [3.05, 3.63) is 16.4 Å². The fourth-order valence-corrected chi connectivity index (χ4v) is 1.48. The Kier molecular flexibility index (Phi) is 4.37. The molecule has 0 spiro atoms. The molecule has 92 valence electrons. The number of alkyl halides is 3. The minimum Gasteiger partial charge on any atom is -0.372 e. The fraction of sp³-hybridized carbons (Fsp3) is 0.667. The molecule has 0 unspecified atom stereocenters. The van der Waals surface area contributed by atoms with E-state index in [0.717, 1.165) is 4.68 Å². The monoisotopic (exact) mass is 300 g/mol. The van der Waals surface area contributed by atoms with Crippen molar-refractivity contribution < 1.29 is 17.9 Å². The van der Waals surface area contributed by atoms with Crippen molar-refractivity contribution in [3.8, 4) is 0 Å². The molecule has 1 heterocycles. The quantitative estimate of drug-likeness (QED) is 0.854. The summed E-state index contributed by atoms with van der Waals surface area (Å²) in [4.78, 5) is 0. The minimum atomic E-state index is -4.26. The first-order valence-corrected chi connectivity index (χ1v) is 5.47. The van der Waals surface area contributed by atoms with Gasteiger partial charge in [0.1, 0.15) is 12.2 Å². The van der Waals surface area contributed by atoms with Crippen LogP contribution < -0.4 is 0 Å². The third kappa shape index (κ3) is 4.52. The summed E-state index contributed by atoms with van der Waals surface area (Å²) in [7, 11) is 0. The van der Waals surface area contributed by atoms with Crippen molar-refractivity contribution in [1.82, 2.24) is 9.78 Å². The van der Waals surface area contributed by atoms with E-state index in [-0.39, 0.29) is 12.7 Å². The summed E-state index contributed by atoms with van der Waals surface area (Å²) in [5.41, 5.74) is 0.470. The zero-order valence-electron chi connectivity index (χ0n) is 8.88. The van der Waals surface area contributed by atoms with Crippen molar-refractivity contribution in [3.63, 3.8) is 0 Å². The third-order valence-corrected chi connectivity index (χ3v) is 2.34. The van der Waals surface area contributed by atoms with Crippen LogP contribution in [0.2, 0.25) is 0 Å². The summed E-state index contributed by atoms with van der Waals surface area (Å²) in [5, 5.41) is 3.79. The Morgan fingerprint density at radius 3 is 2.62 bits per heavy atom. The molecule has 0 saturated carbocycles. The number of halogens is 4. The lowest BCUT2D eigenvalue weighted by Gasteiger charge is -2.06. The molecule has 1 aromatic heterocycles. The molecule has 0 radical (unpaired) electrons. The number of aromatic nitrogens is 2. The van der Waals surface area contributed by atoms with Gasteiger partial charge in [-0.1, -0.05) is 0 Å². The van der Waals surface area contributed by atoms with Crippen LogP contribution in [0.4, 0.5) is 13.2 Å². The third-order valence-electron chi connectivity index (χ3n) is 1.68. The van der Waals surface area contributed by atoms with Gasteiger partial charge in [-0.3, -0.25) is 4.68 Å². The van der Waals surface area contributed by atoms with Crippen LogP contribution in [0, 0.1) is 0 Å². The number of nitrogens with zero attached hydrogens (tertiary/aromatic N) is 2. The highest BCUT2D eigenvalue weighted by Crippen LogP contribution is 2.21. The van der Waals surface area contributed by atoms with E-state index >= 15 is 0 Å². The molecule has 0 N–H and O–H groups in total. The van der Waals surface area contributed by atoms with Crippen molar-refractivity contribution in [1.29, 1.82) is 0 Å². The van der Waals surface area contributed by atoms with E-state index < -0.39 is 12.7 Å². The van der Waals surface area contributed by atoms with Crippen LogP contribution in [0.25, 0.3) is 0 Å². The van der Waals surface area contributed by atoms with Gasteiger partial charge in [0.15, 0.2) is 0 Å². The SMILES string of the molecule is CC(C)OCc1nn(CC(F)(F)F)cc1Br. The van der Waals surface area contributed by atoms with Crippen LogP contribution in [0.5, 0.6) is 0 Å². The summed E-state index contributed by atoms with van der Waals surface area (Å²) in [6.45, 7) is 2.80. The summed E-state index contributed by atoms with van der Waals surface area (Å²) < 4.78 is 42.9.